The summed E-state index contributed by atoms with van der Waals surface area (Å²) in [6.07, 6.45) is 3.37. The van der Waals surface area contributed by atoms with Crippen molar-refractivity contribution in [2.45, 2.75) is 77.3 Å². The fourth-order valence-electron chi connectivity index (χ4n) is 4.26. The van der Waals surface area contributed by atoms with Gasteiger partial charge in [-0.25, -0.2) is 17.9 Å². The smallest absolute Gasteiger partial charge is 0.319 e. The highest BCUT2D eigenvalue weighted by molar-refractivity contribution is 7.89. The third-order valence-corrected chi connectivity index (χ3v) is 7.89. The average molecular weight is 536 g/mol. The standard InChI is InChI=1S/C29H35N3O3S.C2H6/c1-4-21-10-11-24(22-12-14-25(15-13-22)30-29(33)31-26-16-17-26)19-28(21)36(34,35)32-27(18-20(2)3)23-8-6-5-7-9-23;1-2/h5-15,19-20,26-27,32H,4,16-18H2,1-3H3,(H2,30,31,33);1-2H3. The van der Waals surface area contributed by atoms with E-state index < -0.39 is 10.0 Å². The number of sulfonamides is 1. The Morgan fingerprint density at radius 3 is 2.13 bits per heavy atom. The third-order valence-electron chi connectivity index (χ3n) is 6.33. The summed E-state index contributed by atoms with van der Waals surface area (Å²) in [5, 5.41) is 5.74. The zero-order valence-electron chi connectivity index (χ0n) is 23.1. The van der Waals surface area contributed by atoms with Crippen LogP contribution in [0, 0.1) is 5.92 Å². The maximum Gasteiger partial charge on any atom is 0.319 e. The second-order valence-corrected chi connectivity index (χ2v) is 11.5. The van der Waals surface area contributed by atoms with Crippen molar-refractivity contribution in [2.75, 3.05) is 5.32 Å². The average Bonchev–Trinajstić information content (AvgIpc) is 3.73. The maximum atomic E-state index is 13.7. The molecule has 1 aliphatic carbocycles. The molecule has 1 fully saturated rings. The molecule has 0 bridgehead atoms. The minimum absolute atomic E-state index is 0.202. The maximum absolute atomic E-state index is 13.7. The molecule has 0 radical (unpaired) electrons. The van der Waals surface area contributed by atoms with Crippen LogP contribution >= 0.6 is 0 Å². The van der Waals surface area contributed by atoms with E-state index in [-0.39, 0.29) is 18.1 Å². The molecular formula is C31H41N3O3S. The van der Waals surface area contributed by atoms with E-state index in [0.717, 1.165) is 35.1 Å². The normalized spacial score (nSPS) is 13.8. The SMILES string of the molecule is CC.CCc1ccc(-c2ccc(NC(=O)NC3CC3)cc2)cc1S(=O)(=O)NC(CC(C)C)c1ccccc1. The molecule has 0 aromatic heterocycles. The van der Waals surface area contributed by atoms with Crippen LogP contribution in [-0.2, 0) is 16.4 Å². The lowest BCUT2D eigenvalue weighted by molar-refractivity contribution is 0.251. The van der Waals surface area contributed by atoms with Crippen LogP contribution in [0.2, 0.25) is 0 Å². The van der Waals surface area contributed by atoms with Crippen LogP contribution in [0.4, 0.5) is 10.5 Å². The van der Waals surface area contributed by atoms with Crippen molar-refractivity contribution in [1.82, 2.24) is 10.0 Å². The lowest BCUT2D eigenvalue weighted by Crippen LogP contribution is -2.30. The Morgan fingerprint density at radius 1 is 0.921 bits per heavy atom. The minimum Gasteiger partial charge on any atom is -0.335 e. The molecule has 6 nitrogen and oxygen atoms in total. The summed E-state index contributed by atoms with van der Waals surface area (Å²) in [7, 11) is -3.77. The van der Waals surface area contributed by atoms with Crippen LogP contribution in [0.3, 0.4) is 0 Å². The van der Waals surface area contributed by atoms with E-state index in [1.54, 1.807) is 6.07 Å². The molecule has 3 aromatic rings. The molecule has 0 saturated heterocycles. The highest BCUT2D eigenvalue weighted by Gasteiger charge is 2.25. The van der Waals surface area contributed by atoms with Crippen LogP contribution in [0.5, 0.6) is 0 Å². The fraction of sp³-hybridized carbons (Fsp3) is 0.387. The van der Waals surface area contributed by atoms with E-state index in [0.29, 0.717) is 29.3 Å². The second-order valence-electron chi connectivity index (χ2n) is 9.84. The van der Waals surface area contributed by atoms with Crippen molar-refractivity contribution in [3.05, 3.63) is 83.9 Å². The molecule has 1 aliphatic rings. The molecule has 204 valence electrons. The van der Waals surface area contributed by atoms with Gasteiger partial charge in [-0.1, -0.05) is 89.2 Å². The van der Waals surface area contributed by atoms with Gasteiger partial charge in [0.05, 0.1) is 4.90 Å². The Labute approximate surface area is 228 Å². The number of aryl methyl sites for hydroxylation is 1. The summed E-state index contributed by atoms with van der Waals surface area (Å²) in [6.45, 7) is 10.1. The number of rotatable bonds is 10. The Hall–Kier alpha value is -3.16. The lowest BCUT2D eigenvalue weighted by atomic mass is 9.98. The molecule has 0 spiro atoms. The number of hydrogen-bond acceptors (Lipinski definition) is 3. The van der Waals surface area contributed by atoms with Gasteiger partial charge in [0.15, 0.2) is 0 Å². The Kier molecular flexibility index (Phi) is 10.5. The minimum atomic E-state index is -3.77. The van der Waals surface area contributed by atoms with Crippen molar-refractivity contribution in [1.29, 1.82) is 0 Å². The molecule has 3 N–H and O–H groups in total. The largest absolute Gasteiger partial charge is 0.335 e. The third kappa shape index (κ3) is 8.17. The molecule has 7 heteroatoms. The van der Waals surface area contributed by atoms with Gasteiger partial charge in [0.1, 0.15) is 0 Å². The topological polar surface area (TPSA) is 87.3 Å². The summed E-state index contributed by atoms with van der Waals surface area (Å²) in [5.74, 6) is 0.327. The van der Waals surface area contributed by atoms with Gasteiger partial charge in [0, 0.05) is 17.8 Å². The molecule has 2 amide bonds. The first-order chi connectivity index (χ1) is 18.2. The van der Waals surface area contributed by atoms with E-state index in [9.17, 15) is 13.2 Å². The van der Waals surface area contributed by atoms with Crippen molar-refractivity contribution in [3.8, 4) is 11.1 Å². The van der Waals surface area contributed by atoms with Crippen molar-refractivity contribution < 1.29 is 13.2 Å². The van der Waals surface area contributed by atoms with Gasteiger partial charge in [0.2, 0.25) is 10.0 Å². The molecule has 3 aromatic carbocycles. The monoisotopic (exact) mass is 535 g/mol. The summed E-state index contributed by atoms with van der Waals surface area (Å²) in [4.78, 5) is 12.3. The van der Waals surface area contributed by atoms with Crippen LogP contribution in [0.1, 0.15) is 71.0 Å². The Morgan fingerprint density at radius 2 is 1.55 bits per heavy atom. The molecule has 1 unspecified atom stereocenters. The quantitative estimate of drug-likeness (QED) is 0.255. The van der Waals surface area contributed by atoms with Gasteiger partial charge in [0.25, 0.3) is 0 Å². The highest BCUT2D eigenvalue weighted by Crippen LogP contribution is 2.29. The van der Waals surface area contributed by atoms with Crippen LogP contribution in [0.25, 0.3) is 11.1 Å². The van der Waals surface area contributed by atoms with Crippen molar-refractivity contribution in [2.24, 2.45) is 5.92 Å². The molecule has 0 heterocycles. The van der Waals surface area contributed by atoms with E-state index in [1.165, 1.54) is 0 Å². The molecule has 4 rings (SSSR count). The number of hydrogen-bond donors (Lipinski definition) is 3. The van der Waals surface area contributed by atoms with E-state index in [2.05, 4.69) is 29.2 Å². The van der Waals surface area contributed by atoms with Gasteiger partial charge >= 0.3 is 6.03 Å². The molecule has 38 heavy (non-hydrogen) atoms. The molecule has 1 saturated carbocycles. The Bertz CT molecular complexity index is 1290. The molecule has 1 atom stereocenters. The van der Waals surface area contributed by atoms with Gasteiger partial charge in [-0.3, -0.25) is 0 Å². The van der Waals surface area contributed by atoms with E-state index in [1.807, 2.05) is 87.5 Å². The number of benzene rings is 3. The van der Waals surface area contributed by atoms with E-state index in [4.69, 9.17) is 0 Å². The number of amides is 2. The number of carbonyl (C=O) groups excluding carboxylic acids is 1. The van der Waals surface area contributed by atoms with Gasteiger partial charge < -0.3 is 10.6 Å². The molecule has 0 aliphatic heterocycles. The number of anilines is 1. The van der Waals surface area contributed by atoms with Gasteiger partial charge in [-0.05, 0) is 72.1 Å². The molecular weight excluding hydrogens is 494 g/mol. The van der Waals surface area contributed by atoms with Crippen molar-refractivity contribution in [3.63, 3.8) is 0 Å². The van der Waals surface area contributed by atoms with E-state index >= 15 is 0 Å². The second kappa shape index (κ2) is 13.6. The number of carbonyl (C=O) groups is 1. The number of nitrogens with one attached hydrogen (secondary N) is 3. The first kappa shape index (κ1) is 29.4. The fourth-order valence-corrected chi connectivity index (χ4v) is 5.84. The summed E-state index contributed by atoms with van der Waals surface area (Å²) in [5.41, 5.74) is 4.11. The summed E-state index contributed by atoms with van der Waals surface area (Å²) >= 11 is 0. The first-order valence-electron chi connectivity index (χ1n) is 13.6. The summed E-state index contributed by atoms with van der Waals surface area (Å²) in [6, 6.07) is 22.5. The van der Waals surface area contributed by atoms with Gasteiger partial charge in [-0.15, -0.1) is 0 Å². The van der Waals surface area contributed by atoms with Crippen molar-refractivity contribution >= 4 is 21.7 Å². The summed E-state index contributed by atoms with van der Waals surface area (Å²) < 4.78 is 30.3. The van der Waals surface area contributed by atoms with Gasteiger partial charge in [-0.2, -0.15) is 0 Å². The Balaban J connectivity index is 0.00000195. The lowest BCUT2D eigenvalue weighted by Gasteiger charge is -2.22. The first-order valence-corrected chi connectivity index (χ1v) is 15.1. The van der Waals surface area contributed by atoms with Crippen LogP contribution in [0.15, 0.2) is 77.7 Å². The van der Waals surface area contributed by atoms with Crippen LogP contribution < -0.4 is 15.4 Å². The zero-order chi connectivity index (χ0) is 27.7. The highest BCUT2D eigenvalue weighted by atomic mass is 32.2. The predicted molar refractivity (Wildman–Crippen MR) is 157 cm³/mol. The van der Waals surface area contributed by atoms with Crippen LogP contribution in [-0.4, -0.2) is 20.5 Å². The zero-order valence-corrected chi connectivity index (χ0v) is 23.9. The number of urea groups is 1. The predicted octanol–water partition coefficient (Wildman–Crippen LogP) is 7.29.